The molecule has 0 saturated carbocycles. The number of nitrogens with one attached hydrogen (secondary N) is 1. The van der Waals surface area contributed by atoms with E-state index in [1.54, 1.807) is 24.0 Å². The summed E-state index contributed by atoms with van der Waals surface area (Å²) in [6.07, 6.45) is 2.74. The highest BCUT2D eigenvalue weighted by molar-refractivity contribution is 7.99. The number of rotatable bonds is 7. The summed E-state index contributed by atoms with van der Waals surface area (Å²) < 4.78 is 0. The first kappa shape index (κ1) is 15.9. The number of benzene rings is 1. The molecule has 1 atom stereocenters. The standard InChI is InChI=1S/C15H17ClN2O2S/c1-2-7-21-15-17-9-13(18-15)11(8-14(19)20)10-5-3-4-6-12(10)16/h3-6,9,11H,2,7-8H2,1H3,(H,17,18)(H,19,20). The van der Waals surface area contributed by atoms with Crippen LogP contribution in [0.5, 0.6) is 0 Å². The minimum absolute atomic E-state index is 0.0240. The molecule has 0 bridgehead atoms. The Morgan fingerprint density at radius 3 is 2.90 bits per heavy atom. The Morgan fingerprint density at radius 1 is 1.48 bits per heavy atom. The van der Waals surface area contributed by atoms with E-state index in [4.69, 9.17) is 16.7 Å². The third-order valence-electron chi connectivity index (χ3n) is 3.05. The van der Waals surface area contributed by atoms with Crippen molar-refractivity contribution in [3.05, 3.63) is 46.7 Å². The van der Waals surface area contributed by atoms with Crippen LogP contribution in [0.3, 0.4) is 0 Å². The quantitative estimate of drug-likeness (QED) is 0.750. The molecule has 2 rings (SSSR count). The Hall–Kier alpha value is -1.46. The van der Waals surface area contributed by atoms with Crippen LogP contribution >= 0.6 is 23.4 Å². The van der Waals surface area contributed by atoms with Gasteiger partial charge in [-0.05, 0) is 18.1 Å². The van der Waals surface area contributed by atoms with Gasteiger partial charge in [0.15, 0.2) is 5.16 Å². The van der Waals surface area contributed by atoms with E-state index in [1.807, 2.05) is 18.2 Å². The smallest absolute Gasteiger partial charge is 0.304 e. The second kappa shape index (κ2) is 7.52. The predicted molar refractivity (Wildman–Crippen MR) is 85.2 cm³/mol. The molecule has 0 radical (unpaired) electrons. The fraction of sp³-hybridized carbons (Fsp3) is 0.333. The highest BCUT2D eigenvalue weighted by Crippen LogP contribution is 2.32. The maximum absolute atomic E-state index is 11.2. The number of carbonyl (C=O) groups is 1. The molecule has 21 heavy (non-hydrogen) atoms. The molecule has 0 aliphatic carbocycles. The first-order valence-corrected chi connectivity index (χ1v) is 8.12. The van der Waals surface area contributed by atoms with Crippen molar-refractivity contribution in [2.45, 2.75) is 30.8 Å². The average Bonchev–Trinajstić information content (AvgIpc) is 2.92. The molecule has 4 nitrogen and oxygen atoms in total. The molecule has 2 aromatic rings. The van der Waals surface area contributed by atoms with E-state index < -0.39 is 5.97 Å². The van der Waals surface area contributed by atoms with Crippen LogP contribution in [0.15, 0.2) is 35.6 Å². The molecule has 1 unspecified atom stereocenters. The largest absolute Gasteiger partial charge is 0.481 e. The Labute approximate surface area is 132 Å². The van der Waals surface area contributed by atoms with Gasteiger partial charge >= 0.3 is 5.97 Å². The van der Waals surface area contributed by atoms with Crippen molar-refractivity contribution < 1.29 is 9.90 Å². The van der Waals surface area contributed by atoms with Crippen LogP contribution in [0.4, 0.5) is 0 Å². The van der Waals surface area contributed by atoms with Crippen molar-refractivity contribution in [1.29, 1.82) is 0 Å². The van der Waals surface area contributed by atoms with Gasteiger partial charge in [-0.25, -0.2) is 4.98 Å². The molecule has 0 saturated heterocycles. The Balaban J connectivity index is 2.30. The third kappa shape index (κ3) is 4.25. The van der Waals surface area contributed by atoms with E-state index in [9.17, 15) is 4.79 Å². The molecule has 1 heterocycles. The number of H-pyrrole nitrogens is 1. The number of halogens is 1. The number of carboxylic acid groups (broad SMARTS) is 1. The normalized spacial score (nSPS) is 12.3. The van der Waals surface area contributed by atoms with Crippen molar-refractivity contribution in [1.82, 2.24) is 9.97 Å². The van der Waals surface area contributed by atoms with Crippen molar-refractivity contribution in [2.75, 3.05) is 5.75 Å². The van der Waals surface area contributed by atoms with Gasteiger partial charge in [0.25, 0.3) is 0 Å². The summed E-state index contributed by atoms with van der Waals surface area (Å²) in [5.74, 6) is -0.209. The molecule has 0 fully saturated rings. The van der Waals surface area contributed by atoms with Gasteiger partial charge in [-0.2, -0.15) is 0 Å². The molecule has 6 heteroatoms. The average molecular weight is 325 g/mol. The summed E-state index contributed by atoms with van der Waals surface area (Å²) >= 11 is 7.84. The van der Waals surface area contributed by atoms with Crippen molar-refractivity contribution >= 4 is 29.3 Å². The lowest BCUT2D eigenvalue weighted by atomic mass is 9.93. The molecule has 1 aromatic carbocycles. The van der Waals surface area contributed by atoms with E-state index in [0.29, 0.717) is 5.02 Å². The lowest BCUT2D eigenvalue weighted by Gasteiger charge is -2.15. The molecule has 0 amide bonds. The zero-order valence-electron chi connectivity index (χ0n) is 11.7. The monoisotopic (exact) mass is 324 g/mol. The number of hydrogen-bond donors (Lipinski definition) is 2. The van der Waals surface area contributed by atoms with Crippen LogP contribution in [0.25, 0.3) is 0 Å². The predicted octanol–water partition coefficient (Wildman–Crippen LogP) is 4.17. The fourth-order valence-electron chi connectivity index (χ4n) is 2.09. The minimum Gasteiger partial charge on any atom is -0.481 e. The first-order valence-electron chi connectivity index (χ1n) is 6.75. The van der Waals surface area contributed by atoms with E-state index in [2.05, 4.69) is 16.9 Å². The number of aromatic amines is 1. The highest BCUT2D eigenvalue weighted by Gasteiger charge is 2.22. The maximum Gasteiger partial charge on any atom is 0.304 e. The van der Waals surface area contributed by atoms with Gasteiger partial charge in [0.2, 0.25) is 0 Å². The number of aliphatic carboxylic acids is 1. The van der Waals surface area contributed by atoms with Gasteiger partial charge in [0.1, 0.15) is 0 Å². The summed E-state index contributed by atoms with van der Waals surface area (Å²) in [5.41, 5.74) is 1.58. The van der Waals surface area contributed by atoms with Crippen molar-refractivity contribution in [3.8, 4) is 0 Å². The third-order valence-corrected chi connectivity index (χ3v) is 4.49. The maximum atomic E-state index is 11.2. The van der Waals surface area contributed by atoms with Crippen LogP contribution in [0.1, 0.15) is 36.9 Å². The molecule has 2 N–H and O–H groups in total. The Bertz CT molecular complexity index is 615. The Kier molecular flexibility index (Phi) is 5.70. The van der Waals surface area contributed by atoms with E-state index in [-0.39, 0.29) is 12.3 Å². The number of aromatic nitrogens is 2. The Morgan fingerprint density at radius 2 is 2.24 bits per heavy atom. The summed E-state index contributed by atoms with van der Waals surface area (Å²) in [7, 11) is 0. The summed E-state index contributed by atoms with van der Waals surface area (Å²) in [6, 6.07) is 7.32. The lowest BCUT2D eigenvalue weighted by Crippen LogP contribution is -2.09. The number of imidazole rings is 1. The van der Waals surface area contributed by atoms with Crippen LogP contribution < -0.4 is 0 Å². The second-order valence-corrected chi connectivity index (χ2v) is 6.15. The van der Waals surface area contributed by atoms with Gasteiger partial charge < -0.3 is 10.1 Å². The van der Waals surface area contributed by atoms with Crippen LogP contribution in [-0.4, -0.2) is 26.8 Å². The van der Waals surface area contributed by atoms with E-state index in [0.717, 1.165) is 28.6 Å². The zero-order chi connectivity index (χ0) is 15.2. The van der Waals surface area contributed by atoms with Gasteiger partial charge in [0, 0.05) is 28.6 Å². The molecule has 1 aromatic heterocycles. The van der Waals surface area contributed by atoms with E-state index >= 15 is 0 Å². The second-order valence-electron chi connectivity index (χ2n) is 4.66. The van der Waals surface area contributed by atoms with Crippen molar-refractivity contribution in [3.63, 3.8) is 0 Å². The zero-order valence-corrected chi connectivity index (χ0v) is 13.2. The highest BCUT2D eigenvalue weighted by atomic mass is 35.5. The van der Waals surface area contributed by atoms with Crippen LogP contribution in [0, 0.1) is 0 Å². The SMILES string of the molecule is CCCSc1ncc(C(CC(=O)O)c2ccccc2Cl)[nH]1. The molecular weight excluding hydrogens is 308 g/mol. The van der Waals surface area contributed by atoms with Gasteiger partial charge in [-0.15, -0.1) is 0 Å². The number of hydrogen-bond acceptors (Lipinski definition) is 3. The topological polar surface area (TPSA) is 66.0 Å². The number of carboxylic acids is 1. The summed E-state index contributed by atoms with van der Waals surface area (Å²) in [5, 5.41) is 10.5. The molecule has 112 valence electrons. The number of nitrogens with zero attached hydrogens (tertiary/aromatic N) is 1. The first-order chi connectivity index (χ1) is 10.1. The van der Waals surface area contributed by atoms with Gasteiger partial charge in [0.05, 0.1) is 6.42 Å². The fourth-order valence-corrected chi connectivity index (χ4v) is 3.07. The van der Waals surface area contributed by atoms with Crippen LogP contribution in [0.2, 0.25) is 5.02 Å². The van der Waals surface area contributed by atoms with Crippen molar-refractivity contribution in [2.24, 2.45) is 0 Å². The summed E-state index contributed by atoms with van der Waals surface area (Å²) in [4.78, 5) is 18.7. The van der Waals surface area contributed by atoms with Gasteiger partial charge in [-0.3, -0.25) is 4.79 Å². The minimum atomic E-state index is -0.864. The molecular formula is C15H17ClN2O2S. The molecule has 0 aliphatic rings. The molecule has 0 spiro atoms. The lowest BCUT2D eigenvalue weighted by molar-refractivity contribution is -0.137. The van der Waals surface area contributed by atoms with Gasteiger partial charge in [-0.1, -0.05) is 48.5 Å². The van der Waals surface area contributed by atoms with E-state index in [1.165, 1.54) is 0 Å². The van der Waals surface area contributed by atoms with Crippen LogP contribution in [-0.2, 0) is 4.79 Å². The molecule has 0 aliphatic heterocycles. The number of thioether (sulfide) groups is 1. The summed E-state index contributed by atoms with van der Waals surface area (Å²) in [6.45, 7) is 2.10.